The largest absolute Gasteiger partial charge is 0.393 e. The van der Waals surface area contributed by atoms with Crippen molar-refractivity contribution in [2.45, 2.75) is 99.3 Å². The molecule has 24 heavy (non-hydrogen) atoms. The van der Waals surface area contributed by atoms with Crippen LogP contribution in [0.1, 0.15) is 74.7 Å². The summed E-state index contributed by atoms with van der Waals surface area (Å²) in [7, 11) is 0. The molecule has 0 saturated carbocycles. The van der Waals surface area contributed by atoms with Crippen molar-refractivity contribution in [3.05, 3.63) is 6.92 Å². The van der Waals surface area contributed by atoms with Crippen LogP contribution in [0, 0.1) is 30.6 Å². The minimum absolute atomic E-state index is 0. The number of hydrogen-bond donors (Lipinski definition) is 1. The number of ether oxygens (including phenoxy) is 2. The predicted molar refractivity (Wildman–Crippen MR) is 98.1 cm³/mol. The van der Waals surface area contributed by atoms with E-state index in [4.69, 9.17) is 9.47 Å². The average Bonchev–Trinajstić information content (AvgIpc) is 2.36. The van der Waals surface area contributed by atoms with Crippen LogP contribution in [0.2, 0.25) is 0 Å². The van der Waals surface area contributed by atoms with Crippen LogP contribution in [-0.2, 0) is 42.2 Å². The van der Waals surface area contributed by atoms with E-state index in [1.165, 1.54) is 0 Å². The van der Waals surface area contributed by atoms with Crippen LogP contribution in [0.25, 0.3) is 0 Å². The Hall–Kier alpha value is 0.984. The zero-order valence-corrected chi connectivity index (χ0v) is 20.1. The van der Waals surface area contributed by atoms with Gasteiger partial charge in [0.1, 0.15) is 0 Å². The molecule has 1 saturated heterocycles. The van der Waals surface area contributed by atoms with Gasteiger partial charge in [0, 0.05) is 45.4 Å². The Bertz CT molecular complexity index is 291. The van der Waals surface area contributed by atoms with Crippen LogP contribution >= 0.6 is 0 Å². The molecule has 1 N–H and O–H groups in total. The maximum absolute atomic E-state index is 9.30. The van der Waals surface area contributed by atoms with Gasteiger partial charge < -0.3 is 14.6 Å². The fraction of sp³-hybridized carbons (Fsp3) is 0.950. The van der Waals surface area contributed by atoms with Gasteiger partial charge in [-0.2, -0.15) is 0 Å². The van der Waals surface area contributed by atoms with Gasteiger partial charge in [-0.3, -0.25) is 6.92 Å². The molecule has 4 unspecified atom stereocenters. The number of aliphatic hydroxyl groups excluding tert-OH is 1. The first-order valence-electron chi connectivity index (χ1n) is 9.34. The summed E-state index contributed by atoms with van der Waals surface area (Å²) < 4.78 is 11.3. The Morgan fingerprint density at radius 3 is 1.83 bits per heavy atom. The summed E-state index contributed by atoms with van der Waals surface area (Å²) in [4.78, 5) is 0. The normalized spacial score (nSPS) is 25.5. The molecule has 1 fully saturated rings. The topological polar surface area (TPSA) is 38.7 Å². The molecule has 1 aliphatic heterocycles. The molecule has 0 amide bonds. The van der Waals surface area contributed by atoms with Gasteiger partial charge in [0.15, 0.2) is 0 Å². The number of hydrogen-bond acceptors (Lipinski definition) is 3. The van der Waals surface area contributed by atoms with Gasteiger partial charge in [-0.1, -0.05) is 55.4 Å². The van der Waals surface area contributed by atoms with Crippen LogP contribution in [0.15, 0.2) is 0 Å². The fourth-order valence-electron chi connectivity index (χ4n) is 2.67. The number of aliphatic hydroxyl groups is 1. The molecular weight excluding hydrogens is 377 g/mol. The maximum atomic E-state index is 9.30. The molecule has 0 bridgehead atoms. The van der Waals surface area contributed by atoms with E-state index in [2.05, 4.69) is 48.5 Å². The van der Waals surface area contributed by atoms with Crippen LogP contribution in [0.3, 0.4) is 0 Å². The van der Waals surface area contributed by atoms with E-state index in [9.17, 15) is 5.11 Å². The van der Waals surface area contributed by atoms with Crippen molar-refractivity contribution in [1.82, 2.24) is 0 Å². The average molecular weight is 418 g/mol. The molecule has 0 aromatic rings. The van der Waals surface area contributed by atoms with Crippen molar-refractivity contribution in [2.24, 2.45) is 23.7 Å². The molecule has 143 valence electrons. The molecule has 0 aliphatic carbocycles. The predicted octanol–water partition coefficient (Wildman–Crippen LogP) is 5.07. The first kappa shape index (κ1) is 27.2. The van der Waals surface area contributed by atoms with Crippen LogP contribution in [0.5, 0.6) is 0 Å². The molecule has 0 aromatic carbocycles. The summed E-state index contributed by atoms with van der Waals surface area (Å²) in [6.45, 7) is 21.0. The zero-order valence-electron chi connectivity index (χ0n) is 17.3. The van der Waals surface area contributed by atoms with E-state index >= 15 is 0 Å². The van der Waals surface area contributed by atoms with E-state index in [-0.39, 0.29) is 45.1 Å². The van der Waals surface area contributed by atoms with Crippen LogP contribution < -0.4 is 0 Å². The monoisotopic (exact) mass is 418 g/mol. The van der Waals surface area contributed by atoms with E-state index in [0.717, 1.165) is 19.3 Å². The molecule has 1 rings (SSSR count). The molecular formula is C20H41O3Y-. The van der Waals surface area contributed by atoms with Gasteiger partial charge in [-0.05, 0) is 36.5 Å². The smallest absolute Gasteiger partial charge is 0.0620 e. The summed E-state index contributed by atoms with van der Waals surface area (Å²) in [5, 5.41) is 9.30. The third-order valence-electron chi connectivity index (χ3n) is 4.13. The van der Waals surface area contributed by atoms with Gasteiger partial charge in [-0.25, -0.2) is 0 Å². The standard InChI is InChI=1S/C12H23O2.C8H18O.Y/c1-8(2)6-11-7-12(9(3)4)14-10(5)13-11;1-6(2)5-8(9)7(3)4;/h8-12H,5-7H2,1-4H3;6-9H,5H2,1-4H3;/q-1;;. The molecule has 4 heteroatoms. The van der Waals surface area contributed by atoms with E-state index in [1.807, 2.05) is 13.8 Å². The summed E-state index contributed by atoms with van der Waals surface area (Å²) >= 11 is 0. The van der Waals surface area contributed by atoms with Crippen molar-refractivity contribution in [3.63, 3.8) is 0 Å². The summed E-state index contributed by atoms with van der Waals surface area (Å²) in [6.07, 6.45) is 3.32. The molecule has 0 spiro atoms. The summed E-state index contributed by atoms with van der Waals surface area (Å²) in [5.41, 5.74) is 0. The first-order chi connectivity index (χ1) is 10.5. The summed E-state index contributed by atoms with van der Waals surface area (Å²) in [5.74, 6) is 2.26. The van der Waals surface area contributed by atoms with E-state index in [0.29, 0.717) is 35.9 Å². The number of rotatable bonds is 6. The van der Waals surface area contributed by atoms with Crippen LogP contribution in [-0.4, -0.2) is 29.7 Å². The second kappa shape index (κ2) is 14.1. The Morgan fingerprint density at radius 1 is 0.958 bits per heavy atom. The Balaban J connectivity index is 0. The minimum atomic E-state index is -0.278. The summed E-state index contributed by atoms with van der Waals surface area (Å²) in [6, 6.07) is 0. The van der Waals surface area contributed by atoms with Crippen molar-refractivity contribution in [2.75, 3.05) is 0 Å². The SMILES string of the molecule is CC(C)CC(O)C(C)C.[CH2-]C1OC(CC(C)C)CC(C(C)C)O1.[Y]. The third-order valence-corrected chi connectivity index (χ3v) is 4.13. The fourth-order valence-corrected chi connectivity index (χ4v) is 2.67. The van der Waals surface area contributed by atoms with Crippen molar-refractivity contribution >= 4 is 0 Å². The molecule has 1 aliphatic rings. The molecule has 4 atom stereocenters. The van der Waals surface area contributed by atoms with Crippen molar-refractivity contribution < 1.29 is 47.3 Å². The second-order valence-corrected chi connectivity index (χ2v) is 8.41. The molecule has 1 radical (unpaired) electrons. The Kier molecular flexibility index (Phi) is 16.0. The molecule has 3 nitrogen and oxygen atoms in total. The van der Waals surface area contributed by atoms with Crippen molar-refractivity contribution in [3.8, 4) is 0 Å². The second-order valence-electron chi connectivity index (χ2n) is 8.41. The van der Waals surface area contributed by atoms with Crippen LogP contribution in [0.4, 0.5) is 0 Å². The van der Waals surface area contributed by atoms with Gasteiger partial charge in [0.05, 0.1) is 18.3 Å². The first-order valence-corrected chi connectivity index (χ1v) is 9.34. The Labute approximate surface area is 176 Å². The molecule has 1 heterocycles. The quantitative estimate of drug-likeness (QED) is 0.612. The van der Waals surface area contributed by atoms with Gasteiger partial charge >= 0.3 is 0 Å². The Morgan fingerprint density at radius 2 is 1.50 bits per heavy atom. The molecule has 0 aromatic heterocycles. The van der Waals surface area contributed by atoms with E-state index < -0.39 is 0 Å². The third kappa shape index (κ3) is 13.2. The minimum Gasteiger partial charge on any atom is -0.393 e. The van der Waals surface area contributed by atoms with Gasteiger partial charge in [0.2, 0.25) is 0 Å². The van der Waals surface area contributed by atoms with Gasteiger partial charge in [0.25, 0.3) is 0 Å². The van der Waals surface area contributed by atoms with Crippen molar-refractivity contribution in [1.29, 1.82) is 0 Å². The van der Waals surface area contributed by atoms with E-state index in [1.54, 1.807) is 0 Å². The zero-order chi connectivity index (χ0) is 18.2. The van der Waals surface area contributed by atoms with Gasteiger partial charge in [-0.15, -0.1) is 0 Å². The maximum Gasteiger partial charge on any atom is 0.0620 e.